The highest BCUT2D eigenvalue weighted by Gasteiger charge is 2.16. The summed E-state index contributed by atoms with van der Waals surface area (Å²) in [6.07, 6.45) is 0. The molecule has 1 aromatic heterocycles. The number of benzene rings is 3. The van der Waals surface area contributed by atoms with Crippen molar-refractivity contribution < 1.29 is 13.2 Å². The van der Waals surface area contributed by atoms with Gasteiger partial charge in [-0.2, -0.15) is 0 Å². The van der Waals surface area contributed by atoms with E-state index < -0.39 is 9.84 Å². The average Bonchev–Trinajstić information content (AvgIpc) is 3.23. The quantitative estimate of drug-likeness (QED) is 0.397. The number of sulfone groups is 1. The average molecular weight is 484 g/mol. The van der Waals surface area contributed by atoms with Crippen LogP contribution in [0.15, 0.2) is 77.7 Å². The highest BCUT2D eigenvalue weighted by Crippen LogP contribution is 2.28. The molecule has 162 valence electrons. The van der Waals surface area contributed by atoms with Crippen LogP contribution in [-0.4, -0.2) is 24.5 Å². The molecule has 3 aromatic carbocycles. The van der Waals surface area contributed by atoms with Crippen molar-refractivity contribution in [1.29, 1.82) is 0 Å². The number of nitrogens with zero attached hydrogens (tertiary/aromatic N) is 2. The summed E-state index contributed by atoms with van der Waals surface area (Å²) in [7, 11) is -3.48. The maximum Gasteiger partial charge on any atom is 0.257 e. The number of rotatable bonds is 6. The van der Waals surface area contributed by atoms with Crippen molar-refractivity contribution in [2.24, 2.45) is 0 Å². The zero-order valence-corrected chi connectivity index (χ0v) is 19.3. The Hall–Kier alpha value is -3.07. The van der Waals surface area contributed by atoms with Gasteiger partial charge in [0.15, 0.2) is 9.84 Å². The zero-order valence-electron chi connectivity index (χ0n) is 16.9. The van der Waals surface area contributed by atoms with Crippen molar-refractivity contribution in [3.05, 3.63) is 94.5 Å². The number of aryl methyl sites for hydroxylation is 1. The van der Waals surface area contributed by atoms with Gasteiger partial charge < -0.3 is 0 Å². The highest BCUT2D eigenvalue weighted by molar-refractivity contribution is 7.90. The molecule has 1 heterocycles. The molecule has 0 radical (unpaired) electrons. The van der Waals surface area contributed by atoms with E-state index in [-0.39, 0.29) is 16.6 Å². The van der Waals surface area contributed by atoms with Crippen LogP contribution in [0.4, 0.5) is 5.13 Å². The van der Waals surface area contributed by atoms with Crippen molar-refractivity contribution in [3.8, 4) is 10.6 Å². The van der Waals surface area contributed by atoms with Gasteiger partial charge in [-0.15, -0.1) is 10.2 Å². The largest absolute Gasteiger partial charge is 0.296 e. The number of carbonyl (C=O) groups excluding carboxylic acids is 1. The van der Waals surface area contributed by atoms with Gasteiger partial charge in [0, 0.05) is 16.1 Å². The highest BCUT2D eigenvalue weighted by atomic mass is 35.5. The summed E-state index contributed by atoms with van der Waals surface area (Å²) in [5, 5.41) is 12.4. The normalized spacial score (nSPS) is 11.3. The van der Waals surface area contributed by atoms with Gasteiger partial charge in [-0.3, -0.25) is 10.1 Å². The van der Waals surface area contributed by atoms with E-state index in [4.69, 9.17) is 11.6 Å². The SMILES string of the molecule is Cc1cccc(C(=O)Nc2nnc(-c3ccc(CS(=O)(=O)c4ccc(Cl)cc4)cc3)s2)c1. The second-order valence-corrected chi connectivity index (χ2v) is 10.5. The molecule has 32 heavy (non-hydrogen) atoms. The Bertz CT molecular complexity index is 1370. The predicted molar refractivity (Wildman–Crippen MR) is 127 cm³/mol. The lowest BCUT2D eigenvalue weighted by Gasteiger charge is -2.05. The van der Waals surface area contributed by atoms with E-state index in [9.17, 15) is 13.2 Å². The lowest BCUT2D eigenvalue weighted by atomic mass is 10.1. The molecule has 4 rings (SSSR count). The molecular weight excluding hydrogens is 466 g/mol. The lowest BCUT2D eigenvalue weighted by Crippen LogP contribution is -2.11. The summed E-state index contributed by atoms with van der Waals surface area (Å²) in [6.45, 7) is 1.92. The lowest BCUT2D eigenvalue weighted by molar-refractivity contribution is 0.102. The van der Waals surface area contributed by atoms with E-state index in [1.165, 1.54) is 23.5 Å². The first-order chi connectivity index (χ1) is 15.3. The second kappa shape index (κ2) is 9.20. The number of amides is 1. The zero-order chi connectivity index (χ0) is 22.7. The van der Waals surface area contributed by atoms with Gasteiger partial charge in [-0.25, -0.2) is 8.42 Å². The van der Waals surface area contributed by atoms with E-state index in [1.54, 1.807) is 48.5 Å². The third kappa shape index (κ3) is 5.21. The molecule has 0 unspecified atom stereocenters. The van der Waals surface area contributed by atoms with Crippen LogP contribution in [0.3, 0.4) is 0 Å². The monoisotopic (exact) mass is 483 g/mol. The third-order valence-corrected chi connectivity index (χ3v) is 7.50. The molecule has 6 nitrogen and oxygen atoms in total. The summed E-state index contributed by atoms with van der Waals surface area (Å²) in [5.74, 6) is -0.373. The number of aromatic nitrogens is 2. The minimum atomic E-state index is -3.48. The minimum absolute atomic E-state index is 0.122. The van der Waals surface area contributed by atoms with Crippen molar-refractivity contribution >= 4 is 43.8 Å². The van der Waals surface area contributed by atoms with E-state index in [0.29, 0.717) is 26.3 Å². The van der Waals surface area contributed by atoms with Crippen LogP contribution in [-0.2, 0) is 15.6 Å². The standard InChI is InChI=1S/C23H18ClN3O3S2/c1-15-3-2-4-18(13-15)21(28)25-23-27-26-22(31-23)17-7-5-16(6-8-17)14-32(29,30)20-11-9-19(24)10-12-20/h2-13H,14H2,1H3,(H,25,27,28). The van der Waals surface area contributed by atoms with Crippen LogP contribution >= 0.6 is 22.9 Å². The fourth-order valence-electron chi connectivity index (χ4n) is 3.03. The van der Waals surface area contributed by atoms with Gasteiger partial charge in [-0.05, 0) is 48.9 Å². The molecule has 1 amide bonds. The molecule has 0 saturated heterocycles. The molecule has 0 atom stereocenters. The Morgan fingerprint density at radius 2 is 1.72 bits per heavy atom. The summed E-state index contributed by atoms with van der Waals surface area (Å²) < 4.78 is 25.2. The number of hydrogen-bond donors (Lipinski definition) is 1. The Morgan fingerprint density at radius 1 is 1.00 bits per heavy atom. The molecule has 0 aliphatic rings. The van der Waals surface area contributed by atoms with E-state index in [2.05, 4.69) is 15.5 Å². The van der Waals surface area contributed by atoms with Gasteiger partial charge in [0.25, 0.3) is 5.91 Å². The van der Waals surface area contributed by atoms with E-state index in [0.717, 1.165) is 11.1 Å². The van der Waals surface area contributed by atoms with E-state index >= 15 is 0 Å². The number of nitrogens with one attached hydrogen (secondary N) is 1. The Kier molecular flexibility index (Phi) is 6.36. The topological polar surface area (TPSA) is 89.0 Å². The molecule has 0 spiro atoms. The van der Waals surface area contributed by atoms with Crippen molar-refractivity contribution in [2.45, 2.75) is 17.6 Å². The number of carbonyl (C=O) groups is 1. The van der Waals surface area contributed by atoms with Crippen LogP contribution in [0.25, 0.3) is 10.6 Å². The smallest absolute Gasteiger partial charge is 0.257 e. The molecule has 9 heteroatoms. The number of anilines is 1. The molecule has 0 fully saturated rings. The van der Waals surface area contributed by atoms with Crippen LogP contribution in [0.5, 0.6) is 0 Å². The van der Waals surface area contributed by atoms with E-state index in [1.807, 2.05) is 19.1 Å². The molecule has 0 bridgehead atoms. The first-order valence-electron chi connectivity index (χ1n) is 9.59. The molecule has 0 saturated carbocycles. The van der Waals surface area contributed by atoms with Crippen LogP contribution in [0.1, 0.15) is 21.5 Å². The fraction of sp³-hybridized carbons (Fsp3) is 0.0870. The summed E-state index contributed by atoms with van der Waals surface area (Å²) in [5.41, 5.74) is 2.98. The Balaban J connectivity index is 1.45. The molecular formula is C23H18ClN3O3S2. The van der Waals surface area contributed by atoms with Crippen molar-refractivity contribution in [3.63, 3.8) is 0 Å². The third-order valence-electron chi connectivity index (χ3n) is 4.66. The van der Waals surface area contributed by atoms with Crippen LogP contribution in [0, 0.1) is 6.92 Å². The predicted octanol–water partition coefficient (Wildman–Crippen LogP) is 5.39. The Morgan fingerprint density at radius 3 is 2.41 bits per heavy atom. The first-order valence-corrected chi connectivity index (χ1v) is 12.4. The molecule has 0 aliphatic heterocycles. The Labute approximate surface area is 194 Å². The summed E-state index contributed by atoms with van der Waals surface area (Å²) >= 11 is 7.08. The summed E-state index contributed by atoms with van der Waals surface area (Å²) in [6, 6.07) is 20.5. The van der Waals surface area contributed by atoms with Gasteiger partial charge >= 0.3 is 0 Å². The molecule has 4 aromatic rings. The second-order valence-electron chi connectivity index (χ2n) is 7.15. The minimum Gasteiger partial charge on any atom is -0.296 e. The fourth-order valence-corrected chi connectivity index (χ4v) is 5.25. The van der Waals surface area contributed by atoms with Crippen molar-refractivity contribution in [2.75, 3.05) is 5.32 Å². The van der Waals surface area contributed by atoms with Crippen LogP contribution < -0.4 is 5.32 Å². The van der Waals surface area contributed by atoms with Gasteiger partial charge in [0.2, 0.25) is 5.13 Å². The molecule has 0 aliphatic carbocycles. The van der Waals surface area contributed by atoms with Crippen molar-refractivity contribution in [1.82, 2.24) is 10.2 Å². The van der Waals surface area contributed by atoms with Crippen LogP contribution in [0.2, 0.25) is 5.02 Å². The maximum atomic E-state index is 12.6. The maximum absolute atomic E-state index is 12.6. The number of halogens is 1. The summed E-state index contributed by atoms with van der Waals surface area (Å²) in [4.78, 5) is 12.6. The molecule has 1 N–H and O–H groups in total. The van der Waals surface area contributed by atoms with Gasteiger partial charge in [-0.1, -0.05) is 64.9 Å². The number of hydrogen-bond acceptors (Lipinski definition) is 6. The van der Waals surface area contributed by atoms with Gasteiger partial charge in [0.1, 0.15) is 5.01 Å². The van der Waals surface area contributed by atoms with Gasteiger partial charge in [0.05, 0.1) is 10.6 Å². The first kappa shape index (κ1) is 22.1.